The van der Waals surface area contributed by atoms with E-state index in [1.54, 1.807) is 12.4 Å². The molecule has 2 aromatic rings. The van der Waals surface area contributed by atoms with Gasteiger partial charge in [-0.2, -0.15) is 5.26 Å². The number of anilines is 1. The highest BCUT2D eigenvalue weighted by Crippen LogP contribution is 2.25. The molecule has 1 aromatic heterocycles. The lowest BCUT2D eigenvalue weighted by Gasteiger charge is -2.23. The molecule has 0 atom stereocenters. The molecule has 27 heavy (non-hydrogen) atoms. The standard InChI is InChI=1S/C15H16N4.C5H12N2S/c16-9-11-6-7-14-13(8-11)15(18-10-17-14)19-12-4-2-1-3-5-12;1-8-7-4-2-6-3-5-7/h6-8,10,12H,1-5H2,(H,17,18,19);6H,2-5H2,1H3. The van der Waals surface area contributed by atoms with E-state index in [0.717, 1.165) is 29.8 Å². The average Bonchev–Trinajstić information content (AvgIpc) is 2.75. The van der Waals surface area contributed by atoms with Gasteiger partial charge in [0.1, 0.15) is 12.1 Å². The fourth-order valence-corrected chi connectivity index (χ4v) is 4.06. The Hall–Kier alpha value is -1.88. The van der Waals surface area contributed by atoms with Gasteiger partial charge in [0.25, 0.3) is 0 Å². The van der Waals surface area contributed by atoms with Crippen LogP contribution in [0.1, 0.15) is 37.7 Å². The minimum Gasteiger partial charge on any atom is -0.367 e. The largest absolute Gasteiger partial charge is 0.367 e. The van der Waals surface area contributed by atoms with Crippen LogP contribution in [0.4, 0.5) is 5.82 Å². The Morgan fingerprint density at radius 1 is 1.19 bits per heavy atom. The summed E-state index contributed by atoms with van der Waals surface area (Å²) in [6, 6.07) is 8.19. The van der Waals surface area contributed by atoms with Gasteiger partial charge in [-0.15, -0.1) is 0 Å². The highest BCUT2D eigenvalue weighted by atomic mass is 32.2. The van der Waals surface area contributed by atoms with Gasteiger partial charge >= 0.3 is 0 Å². The molecule has 2 heterocycles. The highest BCUT2D eigenvalue weighted by molar-refractivity contribution is 7.96. The fourth-order valence-electron chi connectivity index (χ4n) is 3.51. The molecule has 0 amide bonds. The molecular formula is C20H28N6S. The van der Waals surface area contributed by atoms with E-state index < -0.39 is 0 Å². The summed E-state index contributed by atoms with van der Waals surface area (Å²) in [4.78, 5) is 8.59. The molecule has 0 radical (unpaired) electrons. The summed E-state index contributed by atoms with van der Waals surface area (Å²) in [5, 5.41) is 16.7. The van der Waals surface area contributed by atoms with Crippen molar-refractivity contribution in [2.75, 3.05) is 37.8 Å². The summed E-state index contributed by atoms with van der Waals surface area (Å²) in [6.45, 7) is 4.70. The highest BCUT2D eigenvalue weighted by Gasteiger charge is 2.15. The van der Waals surface area contributed by atoms with Crippen LogP contribution < -0.4 is 10.6 Å². The number of rotatable bonds is 3. The SMILES string of the molecule is CSN1CCNCC1.N#Cc1ccc2ncnc(NC3CCCCC3)c2c1. The van der Waals surface area contributed by atoms with Crippen LogP contribution in [0, 0.1) is 11.3 Å². The number of fused-ring (bicyclic) bond motifs is 1. The van der Waals surface area contributed by atoms with Crippen molar-refractivity contribution in [3.8, 4) is 6.07 Å². The average molecular weight is 385 g/mol. The molecule has 6 nitrogen and oxygen atoms in total. The van der Waals surface area contributed by atoms with E-state index in [0.29, 0.717) is 11.6 Å². The van der Waals surface area contributed by atoms with Crippen LogP contribution in [-0.2, 0) is 0 Å². The molecule has 7 heteroatoms. The maximum atomic E-state index is 9.00. The summed E-state index contributed by atoms with van der Waals surface area (Å²) >= 11 is 1.84. The zero-order valence-corrected chi connectivity index (χ0v) is 16.8. The Morgan fingerprint density at radius 2 is 1.96 bits per heavy atom. The third-order valence-electron chi connectivity index (χ3n) is 5.04. The first-order valence-electron chi connectivity index (χ1n) is 9.71. The van der Waals surface area contributed by atoms with E-state index >= 15 is 0 Å². The first-order valence-corrected chi connectivity index (χ1v) is 10.9. The molecule has 144 valence electrons. The number of nitrogens with zero attached hydrogens (tertiary/aromatic N) is 4. The molecule has 2 fully saturated rings. The molecule has 2 aliphatic rings. The van der Waals surface area contributed by atoms with E-state index in [1.165, 1.54) is 45.2 Å². The molecule has 1 aromatic carbocycles. The summed E-state index contributed by atoms with van der Waals surface area (Å²) < 4.78 is 2.37. The van der Waals surface area contributed by atoms with E-state index in [4.69, 9.17) is 5.26 Å². The number of aromatic nitrogens is 2. The number of nitriles is 1. The lowest BCUT2D eigenvalue weighted by atomic mass is 9.95. The van der Waals surface area contributed by atoms with Crippen molar-refractivity contribution in [3.05, 3.63) is 30.1 Å². The van der Waals surface area contributed by atoms with Gasteiger partial charge < -0.3 is 10.6 Å². The topological polar surface area (TPSA) is 76.9 Å². The quantitative estimate of drug-likeness (QED) is 0.785. The van der Waals surface area contributed by atoms with Gasteiger partial charge in [0.05, 0.1) is 17.1 Å². The predicted molar refractivity (Wildman–Crippen MR) is 113 cm³/mol. The van der Waals surface area contributed by atoms with Crippen molar-refractivity contribution in [1.29, 1.82) is 5.26 Å². The van der Waals surface area contributed by atoms with Crippen LogP contribution in [0.25, 0.3) is 10.9 Å². The van der Waals surface area contributed by atoms with E-state index in [9.17, 15) is 0 Å². The molecule has 2 N–H and O–H groups in total. The maximum absolute atomic E-state index is 9.00. The molecular weight excluding hydrogens is 356 g/mol. The minimum atomic E-state index is 0.498. The second-order valence-electron chi connectivity index (χ2n) is 6.91. The third kappa shape index (κ3) is 5.80. The number of hydrogen-bond donors (Lipinski definition) is 2. The van der Waals surface area contributed by atoms with Crippen LogP contribution in [0.3, 0.4) is 0 Å². The van der Waals surface area contributed by atoms with Crippen LogP contribution in [-0.4, -0.2) is 52.7 Å². The van der Waals surface area contributed by atoms with Crippen LogP contribution in [0.5, 0.6) is 0 Å². The number of nitrogens with one attached hydrogen (secondary N) is 2. The van der Waals surface area contributed by atoms with E-state index in [1.807, 2.05) is 24.1 Å². The van der Waals surface area contributed by atoms with Crippen molar-refractivity contribution < 1.29 is 0 Å². The third-order valence-corrected chi connectivity index (χ3v) is 5.93. The van der Waals surface area contributed by atoms with Gasteiger partial charge in [0, 0.05) is 37.6 Å². The molecule has 0 bridgehead atoms. The molecule has 0 unspecified atom stereocenters. The van der Waals surface area contributed by atoms with Gasteiger partial charge in [0.15, 0.2) is 0 Å². The van der Waals surface area contributed by atoms with Crippen LogP contribution in [0.15, 0.2) is 24.5 Å². The second kappa shape index (κ2) is 10.5. The maximum Gasteiger partial charge on any atom is 0.137 e. The molecule has 1 saturated carbocycles. The minimum absolute atomic E-state index is 0.498. The first-order chi connectivity index (χ1) is 13.3. The zero-order valence-electron chi connectivity index (χ0n) is 15.9. The van der Waals surface area contributed by atoms with Gasteiger partial charge in [-0.05, 0) is 37.3 Å². The summed E-state index contributed by atoms with van der Waals surface area (Å²) in [6.07, 6.45) is 10.0. The van der Waals surface area contributed by atoms with Gasteiger partial charge in [0.2, 0.25) is 0 Å². The Bertz CT molecular complexity index is 763. The summed E-state index contributed by atoms with van der Waals surface area (Å²) in [5.74, 6) is 0.856. The Kier molecular flexibility index (Phi) is 7.69. The number of benzene rings is 1. The van der Waals surface area contributed by atoms with Gasteiger partial charge in [-0.3, -0.25) is 0 Å². The summed E-state index contributed by atoms with van der Waals surface area (Å²) in [5.41, 5.74) is 1.53. The molecule has 1 aliphatic carbocycles. The molecule has 4 rings (SSSR count). The van der Waals surface area contributed by atoms with Crippen LogP contribution in [0.2, 0.25) is 0 Å². The van der Waals surface area contributed by atoms with E-state index in [-0.39, 0.29) is 0 Å². The van der Waals surface area contributed by atoms with Crippen molar-refractivity contribution in [3.63, 3.8) is 0 Å². The van der Waals surface area contributed by atoms with Crippen molar-refractivity contribution >= 4 is 28.7 Å². The second-order valence-corrected chi connectivity index (χ2v) is 7.79. The zero-order chi connectivity index (χ0) is 18.9. The predicted octanol–water partition coefficient (Wildman–Crippen LogP) is 3.42. The number of hydrogen-bond acceptors (Lipinski definition) is 7. The summed E-state index contributed by atoms with van der Waals surface area (Å²) in [7, 11) is 0. The molecule has 1 aliphatic heterocycles. The Labute approximate surface area is 165 Å². The Morgan fingerprint density at radius 3 is 2.63 bits per heavy atom. The lowest BCUT2D eigenvalue weighted by molar-refractivity contribution is 0.397. The van der Waals surface area contributed by atoms with Crippen molar-refractivity contribution in [1.82, 2.24) is 19.6 Å². The lowest BCUT2D eigenvalue weighted by Crippen LogP contribution is -2.39. The molecule has 1 saturated heterocycles. The monoisotopic (exact) mass is 384 g/mol. The Balaban J connectivity index is 0.000000221. The first kappa shape index (κ1) is 19.9. The van der Waals surface area contributed by atoms with Gasteiger partial charge in [-0.1, -0.05) is 31.2 Å². The number of piperazine rings is 1. The molecule has 0 spiro atoms. The normalized spacial score (nSPS) is 18.4. The van der Waals surface area contributed by atoms with E-state index in [2.05, 4.69) is 37.2 Å². The van der Waals surface area contributed by atoms with Gasteiger partial charge in [-0.25, -0.2) is 14.3 Å². The van der Waals surface area contributed by atoms with Crippen molar-refractivity contribution in [2.24, 2.45) is 0 Å². The van der Waals surface area contributed by atoms with Crippen molar-refractivity contribution in [2.45, 2.75) is 38.1 Å². The smallest absolute Gasteiger partial charge is 0.137 e. The van der Waals surface area contributed by atoms with Crippen LogP contribution >= 0.6 is 11.9 Å². The fraction of sp³-hybridized carbons (Fsp3) is 0.550.